The van der Waals surface area contributed by atoms with Gasteiger partial charge in [0.05, 0.1) is 6.17 Å². The van der Waals surface area contributed by atoms with E-state index in [-0.39, 0.29) is 0 Å². The number of likely N-dealkylation sites (N-methyl/N-ethyl adjacent to an activating group) is 2. The first-order chi connectivity index (χ1) is 4.74. The highest BCUT2D eigenvalue weighted by Crippen LogP contribution is 2.07. The summed E-state index contributed by atoms with van der Waals surface area (Å²) in [6, 6.07) is 0. The first-order valence-electron chi connectivity index (χ1n) is 3.50. The molecule has 1 atom stereocenters. The van der Waals surface area contributed by atoms with E-state index in [2.05, 4.69) is 42.5 Å². The monoisotopic (exact) mass is 138 g/mol. The Morgan fingerprint density at radius 3 is 2.80 bits per heavy atom. The average Bonchev–Trinajstić information content (AvgIpc) is 1.88. The Kier molecular flexibility index (Phi) is 2.12. The second-order valence-corrected chi connectivity index (χ2v) is 2.63. The summed E-state index contributed by atoms with van der Waals surface area (Å²) in [5.74, 6) is 0. The molecule has 0 spiro atoms. The van der Waals surface area contributed by atoms with Crippen molar-refractivity contribution < 1.29 is 0 Å². The second kappa shape index (κ2) is 2.88. The third kappa shape index (κ3) is 1.39. The van der Waals surface area contributed by atoms with E-state index in [1.165, 1.54) is 5.57 Å². The van der Waals surface area contributed by atoms with Gasteiger partial charge in [0.2, 0.25) is 0 Å². The zero-order chi connectivity index (χ0) is 7.56. The van der Waals surface area contributed by atoms with Gasteiger partial charge in [-0.15, -0.1) is 0 Å². The molecule has 1 heterocycles. The van der Waals surface area contributed by atoms with Gasteiger partial charge < -0.3 is 4.90 Å². The fourth-order valence-electron chi connectivity index (χ4n) is 1.12. The molecule has 10 heavy (non-hydrogen) atoms. The van der Waals surface area contributed by atoms with Gasteiger partial charge in [-0.05, 0) is 25.6 Å². The van der Waals surface area contributed by atoms with E-state index in [4.69, 9.17) is 0 Å². The van der Waals surface area contributed by atoms with Crippen molar-refractivity contribution in [3.05, 3.63) is 23.9 Å². The molecule has 0 unspecified atom stereocenters. The molecule has 0 bridgehead atoms. The molecular weight excluding hydrogens is 124 g/mol. The lowest BCUT2D eigenvalue weighted by molar-refractivity contribution is 0.339. The Hall–Kier alpha value is -0.760. The van der Waals surface area contributed by atoms with Gasteiger partial charge in [0.15, 0.2) is 0 Å². The van der Waals surface area contributed by atoms with Crippen molar-refractivity contribution >= 4 is 0 Å². The maximum absolute atomic E-state index is 3.17. The van der Waals surface area contributed by atoms with Gasteiger partial charge in [0.1, 0.15) is 0 Å². The van der Waals surface area contributed by atoms with Crippen LogP contribution < -0.4 is 5.32 Å². The molecule has 0 amide bonds. The van der Waals surface area contributed by atoms with Crippen molar-refractivity contribution in [3.8, 4) is 0 Å². The minimum absolute atomic E-state index is 0.365. The predicted octanol–water partition coefficient (Wildman–Crippen LogP) is 0.937. The van der Waals surface area contributed by atoms with E-state index in [1.54, 1.807) is 0 Å². The third-order valence-electron chi connectivity index (χ3n) is 1.68. The molecule has 1 aliphatic rings. The van der Waals surface area contributed by atoms with E-state index in [1.807, 2.05) is 7.05 Å². The average molecular weight is 138 g/mol. The molecule has 1 N–H and O–H groups in total. The standard InChI is InChI=1S/C8H14N2/c1-7-4-5-8(9-2)10(3)6-7/h4-6,8-9H,1-3H3/t8-/m0/s1. The fourth-order valence-corrected chi connectivity index (χ4v) is 1.12. The Morgan fingerprint density at radius 2 is 2.30 bits per heavy atom. The van der Waals surface area contributed by atoms with Crippen LogP contribution in [0.25, 0.3) is 0 Å². The smallest absolute Gasteiger partial charge is 0.0979 e. The van der Waals surface area contributed by atoms with E-state index >= 15 is 0 Å². The lowest BCUT2D eigenvalue weighted by Gasteiger charge is -2.26. The van der Waals surface area contributed by atoms with Crippen molar-refractivity contribution in [2.45, 2.75) is 13.1 Å². The van der Waals surface area contributed by atoms with E-state index in [9.17, 15) is 0 Å². The molecule has 0 aliphatic carbocycles. The Balaban J connectivity index is 2.64. The minimum Gasteiger partial charge on any atom is -0.361 e. The molecule has 56 valence electrons. The first-order valence-corrected chi connectivity index (χ1v) is 3.50. The molecule has 1 rings (SSSR count). The number of hydrogen-bond donors (Lipinski definition) is 1. The van der Waals surface area contributed by atoms with Gasteiger partial charge in [0, 0.05) is 13.2 Å². The van der Waals surface area contributed by atoms with E-state index in [0.29, 0.717) is 6.17 Å². The lowest BCUT2D eigenvalue weighted by Crippen LogP contribution is -2.38. The van der Waals surface area contributed by atoms with Gasteiger partial charge in [-0.2, -0.15) is 0 Å². The van der Waals surface area contributed by atoms with Crippen molar-refractivity contribution in [2.24, 2.45) is 0 Å². The molecule has 0 aromatic carbocycles. The minimum atomic E-state index is 0.365. The molecule has 0 radical (unpaired) electrons. The highest BCUT2D eigenvalue weighted by Gasteiger charge is 2.07. The zero-order valence-corrected chi connectivity index (χ0v) is 6.76. The summed E-state index contributed by atoms with van der Waals surface area (Å²) in [6.07, 6.45) is 6.76. The van der Waals surface area contributed by atoms with Gasteiger partial charge in [-0.25, -0.2) is 0 Å². The SMILES string of the molecule is CN[C@@H]1C=CC(C)=CN1C. The molecular formula is C8H14N2. The highest BCUT2D eigenvalue weighted by atomic mass is 15.2. The summed E-state index contributed by atoms with van der Waals surface area (Å²) in [6.45, 7) is 2.10. The van der Waals surface area contributed by atoms with Crippen molar-refractivity contribution in [2.75, 3.05) is 14.1 Å². The molecule has 0 saturated carbocycles. The van der Waals surface area contributed by atoms with Crippen LogP contribution in [0, 0.1) is 0 Å². The van der Waals surface area contributed by atoms with E-state index in [0.717, 1.165) is 0 Å². The Bertz CT molecular complexity index is 170. The third-order valence-corrected chi connectivity index (χ3v) is 1.68. The van der Waals surface area contributed by atoms with Crippen LogP contribution >= 0.6 is 0 Å². The number of rotatable bonds is 1. The molecule has 2 nitrogen and oxygen atoms in total. The van der Waals surface area contributed by atoms with Crippen molar-refractivity contribution in [1.29, 1.82) is 0 Å². The fraction of sp³-hybridized carbons (Fsp3) is 0.500. The maximum atomic E-state index is 3.17. The maximum Gasteiger partial charge on any atom is 0.0979 e. The summed E-state index contributed by atoms with van der Waals surface area (Å²) in [5.41, 5.74) is 1.30. The van der Waals surface area contributed by atoms with Crippen LogP contribution in [0.1, 0.15) is 6.92 Å². The van der Waals surface area contributed by atoms with Crippen LogP contribution in [-0.2, 0) is 0 Å². The van der Waals surface area contributed by atoms with Crippen LogP contribution in [0.15, 0.2) is 23.9 Å². The topological polar surface area (TPSA) is 15.3 Å². The molecule has 2 heteroatoms. The molecule has 0 saturated heterocycles. The number of nitrogens with one attached hydrogen (secondary N) is 1. The van der Waals surface area contributed by atoms with Gasteiger partial charge in [-0.1, -0.05) is 6.08 Å². The van der Waals surface area contributed by atoms with Gasteiger partial charge in [0.25, 0.3) is 0 Å². The first kappa shape index (κ1) is 7.35. The van der Waals surface area contributed by atoms with Crippen LogP contribution in [0.3, 0.4) is 0 Å². The zero-order valence-electron chi connectivity index (χ0n) is 6.76. The van der Waals surface area contributed by atoms with Crippen LogP contribution in [-0.4, -0.2) is 25.2 Å². The quantitative estimate of drug-likeness (QED) is 0.580. The summed E-state index contributed by atoms with van der Waals surface area (Å²) in [7, 11) is 4.02. The lowest BCUT2D eigenvalue weighted by atomic mass is 10.2. The number of allylic oxidation sites excluding steroid dienone is 2. The molecule has 0 aromatic rings. The van der Waals surface area contributed by atoms with Crippen molar-refractivity contribution in [3.63, 3.8) is 0 Å². The summed E-state index contributed by atoms with van der Waals surface area (Å²) in [5, 5.41) is 3.17. The summed E-state index contributed by atoms with van der Waals surface area (Å²) in [4.78, 5) is 2.15. The van der Waals surface area contributed by atoms with Crippen LogP contribution in [0.5, 0.6) is 0 Å². The Labute approximate surface area is 62.2 Å². The van der Waals surface area contributed by atoms with Gasteiger partial charge >= 0.3 is 0 Å². The molecule has 0 fully saturated rings. The summed E-state index contributed by atoms with van der Waals surface area (Å²) < 4.78 is 0. The number of nitrogens with zero attached hydrogens (tertiary/aromatic N) is 1. The van der Waals surface area contributed by atoms with Crippen LogP contribution in [0.4, 0.5) is 0 Å². The van der Waals surface area contributed by atoms with Crippen LogP contribution in [0.2, 0.25) is 0 Å². The second-order valence-electron chi connectivity index (χ2n) is 2.63. The summed E-state index contributed by atoms with van der Waals surface area (Å²) >= 11 is 0. The molecule has 0 aromatic heterocycles. The Morgan fingerprint density at radius 1 is 1.60 bits per heavy atom. The van der Waals surface area contributed by atoms with Gasteiger partial charge in [-0.3, -0.25) is 5.32 Å². The van der Waals surface area contributed by atoms with Crippen molar-refractivity contribution in [1.82, 2.24) is 10.2 Å². The molecule has 1 aliphatic heterocycles. The predicted molar refractivity (Wildman–Crippen MR) is 43.5 cm³/mol. The largest absolute Gasteiger partial charge is 0.361 e. The highest BCUT2D eigenvalue weighted by molar-refractivity contribution is 5.21. The van der Waals surface area contributed by atoms with E-state index < -0.39 is 0 Å². The number of hydrogen-bond acceptors (Lipinski definition) is 2. The normalized spacial score (nSPS) is 24.9.